The first-order chi connectivity index (χ1) is 5.57. The third-order valence-corrected chi connectivity index (χ3v) is 1.67. The van der Waals surface area contributed by atoms with Gasteiger partial charge in [0, 0.05) is 0 Å². The van der Waals surface area contributed by atoms with Crippen LogP contribution in [0.25, 0.3) is 0 Å². The molecule has 0 heterocycles. The lowest BCUT2D eigenvalue weighted by Crippen LogP contribution is -2.28. The van der Waals surface area contributed by atoms with Crippen molar-refractivity contribution in [3.05, 3.63) is 11.6 Å². The highest BCUT2D eigenvalue weighted by Crippen LogP contribution is 2.01. The van der Waals surface area contributed by atoms with Gasteiger partial charge >= 0.3 is 0 Å². The second-order valence-corrected chi connectivity index (χ2v) is 3.37. The average Bonchev–Trinajstić information content (AvgIpc) is 1.98. The summed E-state index contributed by atoms with van der Waals surface area (Å²) in [5, 5.41) is 0. The van der Waals surface area contributed by atoms with E-state index in [4.69, 9.17) is 5.73 Å². The maximum Gasteiger partial charge on any atom is 0.172 e. The summed E-state index contributed by atoms with van der Waals surface area (Å²) in [6.45, 7) is 5.91. The predicted octanol–water partition coefficient (Wildman–Crippen LogP) is 2.04. The molecule has 1 unspecified atom stereocenters. The molecule has 0 bridgehead atoms. The van der Waals surface area contributed by atoms with Crippen LogP contribution < -0.4 is 5.73 Å². The Morgan fingerprint density at radius 1 is 1.50 bits per heavy atom. The van der Waals surface area contributed by atoms with Crippen molar-refractivity contribution in [1.29, 1.82) is 0 Å². The van der Waals surface area contributed by atoms with Crippen LogP contribution in [0.15, 0.2) is 11.6 Å². The van der Waals surface area contributed by atoms with Crippen molar-refractivity contribution in [2.24, 2.45) is 5.73 Å². The van der Waals surface area contributed by atoms with Crippen molar-refractivity contribution in [2.45, 2.75) is 46.1 Å². The largest absolute Gasteiger partial charge is 0.321 e. The van der Waals surface area contributed by atoms with E-state index in [1.807, 2.05) is 13.8 Å². The van der Waals surface area contributed by atoms with E-state index in [1.165, 1.54) is 0 Å². The summed E-state index contributed by atoms with van der Waals surface area (Å²) in [4.78, 5) is 11.3. The zero-order valence-electron chi connectivity index (χ0n) is 8.26. The molecule has 0 aromatic carbocycles. The summed E-state index contributed by atoms with van der Waals surface area (Å²) >= 11 is 0. The fourth-order valence-electron chi connectivity index (χ4n) is 0.958. The van der Waals surface area contributed by atoms with Gasteiger partial charge in [-0.2, -0.15) is 0 Å². The SMILES string of the molecule is CCCCC(N)C(=O)C=C(C)C. The normalized spacial score (nSPS) is 12.3. The van der Waals surface area contributed by atoms with Crippen LogP contribution in [0.4, 0.5) is 0 Å². The highest BCUT2D eigenvalue weighted by molar-refractivity contribution is 5.94. The van der Waals surface area contributed by atoms with E-state index in [0.717, 1.165) is 24.8 Å². The Morgan fingerprint density at radius 2 is 2.08 bits per heavy atom. The Hall–Kier alpha value is -0.630. The Bertz CT molecular complexity index is 169. The Kier molecular flexibility index (Phi) is 5.64. The summed E-state index contributed by atoms with van der Waals surface area (Å²) in [5.74, 6) is 0.0588. The Morgan fingerprint density at radius 3 is 2.50 bits per heavy atom. The van der Waals surface area contributed by atoms with E-state index in [0.29, 0.717) is 0 Å². The van der Waals surface area contributed by atoms with Gasteiger partial charge in [0.25, 0.3) is 0 Å². The lowest BCUT2D eigenvalue weighted by molar-refractivity contribution is -0.115. The molecule has 1 atom stereocenters. The van der Waals surface area contributed by atoms with E-state index in [9.17, 15) is 4.79 Å². The summed E-state index contributed by atoms with van der Waals surface area (Å²) in [7, 11) is 0. The zero-order chi connectivity index (χ0) is 9.56. The van der Waals surface area contributed by atoms with Crippen LogP contribution in [-0.2, 0) is 4.79 Å². The van der Waals surface area contributed by atoms with Crippen molar-refractivity contribution >= 4 is 5.78 Å². The molecule has 2 N–H and O–H groups in total. The van der Waals surface area contributed by atoms with Gasteiger partial charge in [-0.3, -0.25) is 4.79 Å². The number of nitrogens with two attached hydrogens (primary N) is 1. The number of carbonyl (C=O) groups is 1. The van der Waals surface area contributed by atoms with Gasteiger partial charge in [-0.1, -0.05) is 25.3 Å². The minimum atomic E-state index is -0.292. The fraction of sp³-hybridized carbons (Fsp3) is 0.700. The highest BCUT2D eigenvalue weighted by Gasteiger charge is 2.08. The Labute approximate surface area is 74.8 Å². The van der Waals surface area contributed by atoms with Crippen LogP contribution in [-0.4, -0.2) is 11.8 Å². The van der Waals surface area contributed by atoms with Crippen LogP contribution >= 0.6 is 0 Å². The van der Waals surface area contributed by atoms with Crippen molar-refractivity contribution in [3.63, 3.8) is 0 Å². The molecule has 0 saturated heterocycles. The van der Waals surface area contributed by atoms with Crippen molar-refractivity contribution in [1.82, 2.24) is 0 Å². The van der Waals surface area contributed by atoms with E-state index in [1.54, 1.807) is 6.08 Å². The second kappa shape index (κ2) is 5.95. The highest BCUT2D eigenvalue weighted by atomic mass is 16.1. The number of carbonyl (C=O) groups excluding carboxylic acids is 1. The fourth-order valence-corrected chi connectivity index (χ4v) is 0.958. The van der Waals surface area contributed by atoms with E-state index < -0.39 is 0 Å². The van der Waals surface area contributed by atoms with Crippen LogP contribution in [0.1, 0.15) is 40.0 Å². The molecule has 0 aliphatic carbocycles. The zero-order valence-corrected chi connectivity index (χ0v) is 8.26. The third-order valence-electron chi connectivity index (χ3n) is 1.67. The van der Waals surface area contributed by atoms with Crippen LogP contribution in [0, 0.1) is 0 Å². The maximum atomic E-state index is 11.3. The van der Waals surface area contributed by atoms with Crippen LogP contribution in [0.2, 0.25) is 0 Å². The molecular formula is C10H19NO. The molecule has 70 valence electrons. The monoisotopic (exact) mass is 169 g/mol. The van der Waals surface area contributed by atoms with Gasteiger partial charge in [-0.25, -0.2) is 0 Å². The maximum absolute atomic E-state index is 11.3. The molecule has 0 spiro atoms. The summed E-state index contributed by atoms with van der Waals surface area (Å²) in [5.41, 5.74) is 6.68. The average molecular weight is 169 g/mol. The number of hydrogen-bond acceptors (Lipinski definition) is 2. The van der Waals surface area contributed by atoms with Gasteiger partial charge in [0.15, 0.2) is 5.78 Å². The van der Waals surface area contributed by atoms with Gasteiger partial charge in [-0.05, 0) is 26.3 Å². The molecule has 0 aromatic heterocycles. The summed E-state index contributed by atoms with van der Waals surface area (Å²) in [6.07, 6.45) is 4.55. The van der Waals surface area contributed by atoms with Gasteiger partial charge in [0.1, 0.15) is 0 Å². The molecule has 12 heavy (non-hydrogen) atoms. The quantitative estimate of drug-likeness (QED) is 0.640. The first-order valence-electron chi connectivity index (χ1n) is 4.52. The van der Waals surface area contributed by atoms with Gasteiger partial charge in [0.05, 0.1) is 6.04 Å². The van der Waals surface area contributed by atoms with E-state index >= 15 is 0 Å². The number of hydrogen-bond donors (Lipinski definition) is 1. The molecule has 0 amide bonds. The third kappa shape index (κ3) is 5.08. The standard InChI is InChI=1S/C10H19NO/c1-4-5-6-9(11)10(12)7-8(2)3/h7,9H,4-6,11H2,1-3H3. The smallest absolute Gasteiger partial charge is 0.172 e. The summed E-state index contributed by atoms with van der Waals surface area (Å²) < 4.78 is 0. The number of rotatable bonds is 5. The van der Waals surface area contributed by atoms with Crippen LogP contribution in [0.5, 0.6) is 0 Å². The lowest BCUT2D eigenvalue weighted by atomic mass is 10.1. The van der Waals surface area contributed by atoms with Gasteiger partial charge in [0.2, 0.25) is 0 Å². The predicted molar refractivity (Wildman–Crippen MR) is 51.9 cm³/mol. The Balaban J connectivity index is 3.85. The van der Waals surface area contributed by atoms with Gasteiger partial charge in [-0.15, -0.1) is 0 Å². The molecule has 0 rings (SSSR count). The molecule has 0 aromatic rings. The molecule has 0 aliphatic heterocycles. The molecular weight excluding hydrogens is 150 g/mol. The molecule has 0 aliphatic rings. The van der Waals surface area contributed by atoms with E-state index in [-0.39, 0.29) is 11.8 Å². The molecule has 2 heteroatoms. The first-order valence-corrected chi connectivity index (χ1v) is 4.52. The molecule has 0 fully saturated rings. The summed E-state index contributed by atoms with van der Waals surface area (Å²) in [6, 6.07) is -0.292. The minimum absolute atomic E-state index is 0.0588. The van der Waals surface area contributed by atoms with E-state index in [2.05, 4.69) is 6.92 Å². The second-order valence-electron chi connectivity index (χ2n) is 3.37. The lowest BCUT2D eigenvalue weighted by Gasteiger charge is -2.06. The molecule has 0 saturated carbocycles. The number of ketones is 1. The number of unbranched alkanes of at least 4 members (excludes halogenated alkanes) is 1. The van der Waals surface area contributed by atoms with Crippen molar-refractivity contribution < 1.29 is 4.79 Å². The molecule has 0 radical (unpaired) electrons. The topological polar surface area (TPSA) is 43.1 Å². The number of allylic oxidation sites excluding steroid dienone is 1. The van der Waals surface area contributed by atoms with Crippen molar-refractivity contribution in [3.8, 4) is 0 Å². The van der Waals surface area contributed by atoms with Crippen molar-refractivity contribution in [2.75, 3.05) is 0 Å². The minimum Gasteiger partial charge on any atom is -0.321 e. The van der Waals surface area contributed by atoms with Crippen LogP contribution in [0.3, 0.4) is 0 Å². The first kappa shape index (κ1) is 11.4. The molecule has 2 nitrogen and oxygen atoms in total. The van der Waals surface area contributed by atoms with Gasteiger partial charge < -0.3 is 5.73 Å².